The standard InChI is InChI=1S/C26H25NO2/c1-28-25-14-13-20(17-26(25)29-2)15-16-27-18-23(21-9-5-3-6-10-21)24(19-27)22-11-7-4-8-12-22/h3-14,17-19H,15-16H2,1-2H3. The lowest BCUT2D eigenvalue weighted by molar-refractivity contribution is 0.354. The van der Waals surface area contributed by atoms with Gasteiger partial charge in [-0.1, -0.05) is 66.7 Å². The van der Waals surface area contributed by atoms with Gasteiger partial charge >= 0.3 is 0 Å². The summed E-state index contributed by atoms with van der Waals surface area (Å²) in [6, 6.07) is 27.3. The molecule has 4 rings (SSSR count). The van der Waals surface area contributed by atoms with E-state index in [1.165, 1.54) is 27.8 Å². The predicted molar refractivity (Wildman–Crippen MR) is 119 cm³/mol. The monoisotopic (exact) mass is 383 g/mol. The van der Waals surface area contributed by atoms with Gasteiger partial charge in [-0.25, -0.2) is 0 Å². The van der Waals surface area contributed by atoms with Crippen molar-refractivity contribution in [1.82, 2.24) is 4.57 Å². The average molecular weight is 383 g/mol. The third kappa shape index (κ3) is 4.19. The van der Waals surface area contributed by atoms with Gasteiger partial charge in [-0.15, -0.1) is 0 Å². The second-order valence-electron chi connectivity index (χ2n) is 6.99. The number of nitrogens with zero attached hydrogens (tertiary/aromatic N) is 1. The van der Waals surface area contributed by atoms with Gasteiger partial charge in [-0.2, -0.15) is 0 Å². The first-order valence-electron chi connectivity index (χ1n) is 9.80. The molecular weight excluding hydrogens is 358 g/mol. The van der Waals surface area contributed by atoms with Gasteiger partial charge in [0.2, 0.25) is 0 Å². The summed E-state index contributed by atoms with van der Waals surface area (Å²) >= 11 is 0. The summed E-state index contributed by atoms with van der Waals surface area (Å²) in [4.78, 5) is 0. The second kappa shape index (κ2) is 8.70. The molecule has 146 valence electrons. The molecule has 29 heavy (non-hydrogen) atoms. The first-order valence-corrected chi connectivity index (χ1v) is 9.80. The number of rotatable bonds is 7. The zero-order valence-electron chi connectivity index (χ0n) is 16.8. The Bertz CT molecular complexity index is 1010. The Morgan fingerprint density at radius 3 is 1.72 bits per heavy atom. The van der Waals surface area contributed by atoms with Crippen LogP contribution in [0.15, 0.2) is 91.3 Å². The summed E-state index contributed by atoms with van der Waals surface area (Å²) in [6.45, 7) is 0.891. The molecule has 0 fully saturated rings. The number of aromatic nitrogens is 1. The highest BCUT2D eigenvalue weighted by Gasteiger charge is 2.11. The maximum atomic E-state index is 5.44. The minimum atomic E-state index is 0.759. The van der Waals surface area contributed by atoms with Gasteiger partial charge in [-0.3, -0.25) is 0 Å². The molecule has 1 heterocycles. The van der Waals surface area contributed by atoms with Crippen molar-refractivity contribution in [3.8, 4) is 33.8 Å². The van der Waals surface area contributed by atoms with Crippen LogP contribution in [-0.4, -0.2) is 18.8 Å². The summed E-state index contributed by atoms with van der Waals surface area (Å²) < 4.78 is 13.1. The zero-order valence-corrected chi connectivity index (χ0v) is 16.8. The SMILES string of the molecule is COc1ccc(CCn2cc(-c3ccccc3)c(-c3ccccc3)c2)cc1OC. The van der Waals surface area contributed by atoms with Crippen molar-refractivity contribution in [2.45, 2.75) is 13.0 Å². The number of benzene rings is 3. The first-order chi connectivity index (χ1) is 14.3. The minimum absolute atomic E-state index is 0.759. The normalized spacial score (nSPS) is 10.7. The molecular formula is C26H25NO2. The Balaban J connectivity index is 1.63. The molecule has 0 aliphatic heterocycles. The molecule has 0 radical (unpaired) electrons. The quantitative estimate of drug-likeness (QED) is 0.386. The van der Waals surface area contributed by atoms with Crippen LogP contribution in [0.1, 0.15) is 5.56 Å². The van der Waals surface area contributed by atoms with Crippen LogP contribution < -0.4 is 9.47 Å². The topological polar surface area (TPSA) is 23.4 Å². The molecule has 3 heteroatoms. The molecule has 0 N–H and O–H groups in total. The van der Waals surface area contributed by atoms with E-state index in [4.69, 9.17) is 9.47 Å². The smallest absolute Gasteiger partial charge is 0.160 e. The van der Waals surface area contributed by atoms with Crippen LogP contribution in [0.4, 0.5) is 0 Å². The van der Waals surface area contributed by atoms with E-state index in [2.05, 4.69) is 89.8 Å². The molecule has 0 unspecified atom stereocenters. The van der Waals surface area contributed by atoms with E-state index >= 15 is 0 Å². The zero-order chi connectivity index (χ0) is 20.1. The van der Waals surface area contributed by atoms with Crippen molar-refractivity contribution in [2.24, 2.45) is 0 Å². The summed E-state index contributed by atoms with van der Waals surface area (Å²) in [5.74, 6) is 1.53. The lowest BCUT2D eigenvalue weighted by Gasteiger charge is -2.10. The number of hydrogen-bond donors (Lipinski definition) is 0. The Labute approximate surface area is 172 Å². The van der Waals surface area contributed by atoms with Gasteiger partial charge in [0, 0.05) is 30.1 Å². The van der Waals surface area contributed by atoms with E-state index < -0.39 is 0 Å². The fourth-order valence-corrected chi connectivity index (χ4v) is 3.63. The molecule has 0 aliphatic rings. The van der Waals surface area contributed by atoms with Crippen LogP contribution in [0.25, 0.3) is 22.3 Å². The van der Waals surface area contributed by atoms with Crippen LogP contribution in [0.3, 0.4) is 0 Å². The van der Waals surface area contributed by atoms with Gasteiger partial charge in [-0.05, 0) is 35.2 Å². The lowest BCUT2D eigenvalue weighted by Crippen LogP contribution is -1.99. The predicted octanol–water partition coefficient (Wildman–Crippen LogP) is 6.08. The van der Waals surface area contributed by atoms with Gasteiger partial charge in [0.15, 0.2) is 11.5 Å². The van der Waals surface area contributed by atoms with Crippen molar-refractivity contribution in [3.05, 3.63) is 96.8 Å². The third-order valence-corrected chi connectivity index (χ3v) is 5.16. The van der Waals surface area contributed by atoms with E-state index in [1.54, 1.807) is 14.2 Å². The largest absolute Gasteiger partial charge is 0.493 e. The molecule has 1 aromatic heterocycles. The van der Waals surface area contributed by atoms with Crippen LogP contribution >= 0.6 is 0 Å². The highest BCUT2D eigenvalue weighted by atomic mass is 16.5. The maximum absolute atomic E-state index is 5.44. The molecule has 0 saturated heterocycles. The number of aryl methyl sites for hydroxylation is 2. The molecule has 4 aromatic rings. The van der Waals surface area contributed by atoms with Crippen molar-refractivity contribution < 1.29 is 9.47 Å². The Morgan fingerprint density at radius 1 is 0.655 bits per heavy atom. The average Bonchev–Trinajstić information content (AvgIpc) is 3.23. The van der Waals surface area contributed by atoms with Crippen LogP contribution in [0.2, 0.25) is 0 Å². The van der Waals surface area contributed by atoms with Crippen LogP contribution in [-0.2, 0) is 13.0 Å². The van der Waals surface area contributed by atoms with Crippen molar-refractivity contribution >= 4 is 0 Å². The van der Waals surface area contributed by atoms with Crippen LogP contribution in [0.5, 0.6) is 11.5 Å². The summed E-state index contributed by atoms with van der Waals surface area (Å²) in [6.07, 6.45) is 5.41. The van der Waals surface area contributed by atoms with Gasteiger partial charge in [0.25, 0.3) is 0 Å². The number of ether oxygens (including phenoxy) is 2. The molecule has 0 saturated carbocycles. The summed E-state index contributed by atoms with van der Waals surface area (Å²) in [5, 5.41) is 0. The molecule has 0 spiro atoms. The Morgan fingerprint density at radius 2 is 1.21 bits per heavy atom. The number of hydrogen-bond acceptors (Lipinski definition) is 2. The lowest BCUT2D eigenvalue weighted by atomic mass is 9.99. The first kappa shape index (κ1) is 18.9. The summed E-state index contributed by atoms with van der Waals surface area (Å²) in [7, 11) is 3.33. The molecule has 3 nitrogen and oxygen atoms in total. The van der Waals surface area contributed by atoms with E-state index in [9.17, 15) is 0 Å². The fourth-order valence-electron chi connectivity index (χ4n) is 3.63. The number of methoxy groups -OCH3 is 2. The third-order valence-electron chi connectivity index (χ3n) is 5.16. The van der Waals surface area contributed by atoms with Crippen molar-refractivity contribution in [1.29, 1.82) is 0 Å². The van der Waals surface area contributed by atoms with E-state index in [0.717, 1.165) is 24.5 Å². The highest BCUT2D eigenvalue weighted by Crippen LogP contribution is 2.33. The van der Waals surface area contributed by atoms with Gasteiger partial charge < -0.3 is 14.0 Å². The second-order valence-corrected chi connectivity index (χ2v) is 6.99. The molecule has 0 aliphatic carbocycles. The van der Waals surface area contributed by atoms with Crippen molar-refractivity contribution in [2.75, 3.05) is 14.2 Å². The van der Waals surface area contributed by atoms with Gasteiger partial charge in [0.05, 0.1) is 14.2 Å². The maximum Gasteiger partial charge on any atom is 0.160 e. The van der Waals surface area contributed by atoms with Crippen molar-refractivity contribution in [3.63, 3.8) is 0 Å². The molecule has 3 aromatic carbocycles. The van der Waals surface area contributed by atoms with Crippen LogP contribution in [0, 0.1) is 0 Å². The Hall–Kier alpha value is -3.46. The Kier molecular flexibility index (Phi) is 5.66. The summed E-state index contributed by atoms with van der Waals surface area (Å²) in [5.41, 5.74) is 6.19. The highest BCUT2D eigenvalue weighted by molar-refractivity contribution is 5.83. The van der Waals surface area contributed by atoms with E-state index in [0.29, 0.717) is 0 Å². The molecule has 0 bridgehead atoms. The van der Waals surface area contributed by atoms with Gasteiger partial charge in [0.1, 0.15) is 0 Å². The van der Waals surface area contributed by atoms with E-state index in [-0.39, 0.29) is 0 Å². The molecule has 0 amide bonds. The molecule has 0 atom stereocenters. The van der Waals surface area contributed by atoms with E-state index in [1.807, 2.05) is 6.07 Å². The fraction of sp³-hybridized carbons (Fsp3) is 0.154. The minimum Gasteiger partial charge on any atom is -0.493 e.